The number of guanidine groups is 1. The van der Waals surface area contributed by atoms with Crippen LogP contribution in [0.1, 0.15) is 15.9 Å². The van der Waals surface area contributed by atoms with Crippen LogP contribution in [0.3, 0.4) is 0 Å². The van der Waals surface area contributed by atoms with Crippen molar-refractivity contribution in [2.24, 2.45) is 16.5 Å². The molecule has 2 aromatic carbocycles. The zero-order valence-electron chi connectivity index (χ0n) is 15.0. The van der Waals surface area contributed by atoms with Crippen LogP contribution in [0.25, 0.3) is 0 Å². The Hall–Kier alpha value is -3.48. The van der Waals surface area contributed by atoms with E-state index in [2.05, 4.69) is 9.71 Å². The topological polar surface area (TPSA) is 186 Å². The van der Waals surface area contributed by atoms with Gasteiger partial charge in [-0.3, -0.25) is 4.79 Å². The van der Waals surface area contributed by atoms with Gasteiger partial charge in [-0.1, -0.05) is 12.1 Å². The Kier molecular flexibility index (Phi) is 7.25. The van der Waals surface area contributed by atoms with Gasteiger partial charge in [0.15, 0.2) is 5.96 Å². The van der Waals surface area contributed by atoms with Crippen molar-refractivity contribution >= 4 is 33.8 Å². The van der Waals surface area contributed by atoms with E-state index in [1.165, 1.54) is 24.3 Å². The summed E-state index contributed by atoms with van der Waals surface area (Å²) in [5, 5.41) is 8.48. The van der Waals surface area contributed by atoms with E-state index in [9.17, 15) is 18.0 Å². The zero-order chi connectivity index (χ0) is 21.4. The Morgan fingerprint density at radius 3 is 2.17 bits per heavy atom. The van der Waals surface area contributed by atoms with Crippen molar-refractivity contribution in [2.45, 2.75) is 6.54 Å². The highest BCUT2D eigenvalue weighted by Crippen LogP contribution is 2.17. The number of benzene rings is 2. The highest BCUT2D eigenvalue weighted by molar-refractivity contribution is 7.87. The van der Waals surface area contributed by atoms with E-state index in [4.69, 9.17) is 21.3 Å². The van der Waals surface area contributed by atoms with Gasteiger partial charge in [-0.05, 0) is 42.0 Å². The first-order valence-electron chi connectivity index (χ1n) is 8.11. The first-order valence-corrected chi connectivity index (χ1v) is 9.60. The number of carboxylic acids is 1. The van der Waals surface area contributed by atoms with Gasteiger partial charge < -0.3 is 21.3 Å². The summed E-state index contributed by atoms with van der Waals surface area (Å²) in [6, 6.07) is 12.3. The van der Waals surface area contributed by atoms with Gasteiger partial charge in [-0.2, -0.15) is 17.9 Å². The molecule has 2 rings (SSSR count). The quantitative estimate of drug-likeness (QED) is 0.160. The molecule has 154 valence electrons. The number of hydrogen-bond donors (Lipinski definition) is 5. The van der Waals surface area contributed by atoms with Crippen LogP contribution in [0.2, 0.25) is 0 Å². The van der Waals surface area contributed by atoms with Crippen molar-refractivity contribution < 1.29 is 27.9 Å². The van der Waals surface area contributed by atoms with E-state index >= 15 is 0 Å². The molecule has 0 spiro atoms. The van der Waals surface area contributed by atoms with Crippen LogP contribution >= 0.6 is 0 Å². The van der Waals surface area contributed by atoms with Gasteiger partial charge >= 0.3 is 11.9 Å². The van der Waals surface area contributed by atoms with Crippen LogP contribution in [0.15, 0.2) is 53.5 Å². The number of nitrogens with two attached hydrogens (primary N) is 2. The molecule has 0 aliphatic rings. The van der Waals surface area contributed by atoms with Crippen LogP contribution in [-0.2, 0) is 21.5 Å². The molecule has 0 aliphatic carbocycles. The predicted octanol–water partition coefficient (Wildman–Crippen LogP) is -0.181. The molecule has 29 heavy (non-hydrogen) atoms. The Bertz CT molecular complexity index is 1000. The number of carbonyl (C=O) groups excluding carboxylic acids is 1. The van der Waals surface area contributed by atoms with E-state index < -0.39 is 28.7 Å². The summed E-state index contributed by atoms with van der Waals surface area (Å²) in [4.78, 5) is 26.4. The van der Waals surface area contributed by atoms with Gasteiger partial charge in [0.1, 0.15) is 12.3 Å². The minimum atomic E-state index is -3.94. The molecule has 7 N–H and O–H groups in total. The number of ether oxygens (including phenoxy) is 1. The molecule has 12 heteroatoms. The van der Waals surface area contributed by atoms with Gasteiger partial charge in [0.2, 0.25) is 0 Å². The standard InChI is InChI=1S/C17H19N5O6S/c18-17(19)22-13-5-3-12(4-6-13)16(25)28-14-7-1-11(2-8-14)9-20-29(26,27)21-10-15(23)24/h1-8,20-21H,9-10H2,(H,23,24)(H4,18,19,22). The lowest BCUT2D eigenvalue weighted by atomic mass is 10.2. The maximum atomic E-state index is 12.2. The summed E-state index contributed by atoms with van der Waals surface area (Å²) < 4.78 is 32.5. The smallest absolute Gasteiger partial charge is 0.343 e. The summed E-state index contributed by atoms with van der Waals surface area (Å²) in [6.07, 6.45) is 0. The Morgan fingerprint density at radius 1 is 1.00 bits per heavy atom. The number of carboxylic acid groups (broad SMARTS) is 1. The summed E-state index contributed by atoms with van der Waals surface area (Å²) in [5.41, 5.74) is 11.9. The Labute approximate surface area is 166 Å². The molecule has 0 atom stereocenters. The lowest BCUT2D eigenvalue weighted by Crippen LogP contribution is -2.38. The number of nitrogens with zero attached hydrogens (tertiary/aromatic N) is 1. The van der Waals surface area contributed by atoms with Crippen LogP contribution in [0.4, 0.5) is 5.69 Å². The average Bonchev–Trinajstić information content (AvgIpc) is 2.66. The second-order valence-electron chi connectivity index (χ2n) is 5.66. The number of nitrogens with one attached hydrogen (secondary N) is 2. The van der Waals surface area contributed by atoms with E-state index in [-0.39, 0.29) is 18.3 Å². The van der Waals surface area contributed by atoms with Gasteiger partial charge in [-0.15, -0.1) is 0 Å². The number of aliphatic carboxylic acids is 1. The normalized spacial score (nSPS) is 10.9. The van der Waals surface area contributed by atoms with Crippen molar-refractivity contribution in [3.05, 3.63) is 59.7 Å². The fourth-order valence-corrected chi connectivity index (χ4v) is 2.82. The molecule has 0 saturated heterocycles. The highest BCUT2D eigenvalue weighted by atomic mass is 32.2. The van der Waals surface area contributed by atoms with E-state index in [0.29, 0.717) is 16.8 Å². The van der Waals surface area contributed by atoms with E-state index in [1.54, 1.807) is 24.3 Å². The number of hydrogen-bond acceptors (Lipinski definition) is 6. The Balaban J connectivity index is 1.92. The largest absolute Gasteiger partial charge is 0.480 e. The molecule has 0 radical (unpaired) electrons. The molecule has 0 amide bonds. The molecule has 11 nitrogen and oxygen atoms in total. The third-order valence-electron chi connectivity index (χ3n) is 3.37. The predicted molar refractivity (Wildman–Crippen MR) is 105 cm³/mol. The molecule has 0 heterocycles. The van der Waals surface area contributed by atoms with Crippen LogP contribution in [0.5, 0.6) is 5.75 Å². The van der Waals surface area contributed by atoms with E-state index in [0.717, 1.165) is 0 Å². The number of rotatable bonds is 9. The minimum Gasteiger partial charge on any atom is -0.480 e. The molecule has 0 fully saturated rings. The summed E-state index contributed by atoms with van der Waals surface area (Å²) >= 11 is 0. The van der Waals surface area contributed by atoms with Crippen LogP contribution < -0.4 is 25.6 Å². The molecule has 0 unspecified atom stereocenters. The molecule has 0 saturated carbocycles. The fourth-order valence-electron chi connectivity index (χ4n) is 2.05. The van der Waals surface area contributed by atoms with Crippen molar-refractivity contribution in [1.82, 2.24) is 9.44 Å². The van der Waals surface area contributed by atoms with Crippen molar-refractivity contribution in [3.8, 4) is 5.75 Å². The third-order valence-corrected chi connectivity index (χ3v) is 4.42. The second kappa shape index (κ2) is 9.64. The number of carbonyl (C=O) groups is 2. The summed E-state index contributed by atoms with van der Waals surface area (Å²) in [6.45, 7) is -0.799. The third kappa shape index (κ3) is 7.57. The zero-order valence-corrected chi connectivity index (χ0v) is 15.8. The van der Waals surface area contributed by atoms with Crippen molar-refractivity contribution in [3.63, 3.8) is 0 Å². The summed E-state index contributed by atoms with van der Waals surface area (Å²) in [5.74, 6) is -1.72. The highest BCUT2D eigenvalue weighted by Gasteiger charge is 2.12. The van der Waals surface area contributed by atoms with Gasteiger partial charge in [0, 0.05) is 6.54 Å². The second-order valence-corrected chi connectivity index (χ2v) is 7.24. The molecule has 0 aliphatic heterocycles. The van der Waals surface area contributed by atoms with Gasteiger partial charge in [0.25, 0.3) is 10.2 Å². The number of esters is 1. The SMILES string of the molecule is NC(N)=Nc1ccc(C(=O)Oc2ccc(CNS(=O)(=O)NCC(=O)O)cc2)cc1. The molecule has 2 aromatic rings. The fraction of sp³-hybridized carbons (Fsp3) is 0.118. The van der Waals surface area contributed by atoms with Crippen molar-refractivity contribution in [1.29, 1.82) is 0 Å². The van der Waals surface area contributed by atoms with Crippen molar-refractivity contribution in [2.75, 3.05) is 6.54 Å². The number of aliphatic imine (C=N–C) groups is 1. The molecule has 0 aromatic heterocycles. The first kappa shape index (κ1) is 21.8. The minimum absolute atomic E-state index is 0.0740. The van der Waals surface area contributed by atoms with Crippen LogP contribution in [-0.4, -0.2) is 38.0 Å². The lowest BCUT2D eigenvalue weighted by molar-refractivity contribution is -0.135. The first-order chi connectivity index (χ1) is 13.6. The maximum Gasteiger partial charge on any atom is 0.343 e. The Morgan fingerprint density at radius 2 is 1.62 bits per heavy atom. The summed E-state index contributed by atoms with van der Waals surface area (Å²) in [7, 11) is -3.94. The molecule has 0 bridgehead atoms. The monoisotopic (exact) mass is 421 g/mol. The average molecular weight is 421 g/mol. The molecular formula is C17H19N5O6S. The van der Waals surface area contributed by atoms with E-state index in [1.807, 2.05) is 4.72 Å². The van der Waals surface area contributed by atoms with Gasteiger partial charge in [0.05, 0.1) is 11.3 Å². The lowest BCUT2D eigenvalue weighted by Gasteiger charge is -2.08. The maximum absolute atomic E-state index is 12.2. The van der Waals surface area contributed by atoms with Gasteiger partial charge in [-0.25, -0.2) is 9.79 Å². The molecular weight excluding hydrogens is 402 g/mol. The van der Waals surface area contributed by atoms with Crippen LogP contribution in [0, 0.1) is 0 Å².